The normalized spacial score (nSPS) is 11.2. The molecule has 0 saturated heterocycles. The molecule has 0 atom stereocenters. The summed E-state index contributed by atoms with van der Waals surface area (Å²) in [5, 5.41) is 10.7. The Morgan fingerprint density at radius 2 is 1.88 bits per heavy atom. The average Bonchev–Trinajstić information content (AvgIpc) is 3.25. The van der Waals surface area contributed by atoms with Crippen LogP contribution >= 0.6 is 22.7 Å². The van der Waals surface area contributed by atoms with Crippen molar-refractivity contribution < 1.29 is 17.9 Å². The van der Waals surface area contributed by atoms with Crippen molar-refractivity contribution in [1.82, 2.24) is 10.2 Å². The second-order valence-electron chi connectivity index (χ2n) is 4.51. The van der Waals surface area contributed by atoms with Crippen molar-refractivity contribution >= 4 is 37.8 Å². The number of aromatic nitrogens is 2. The molecular weight excluding hydrogens is 370 g/mol. The Morgan fingerprint density at radius 1 is 1.08 bits per heavy atom. The number of thiophene rings is 1. The van der Waals surface area contributed by atoms with Crippen LogP contribution in [0.5, 0.6) is 11.5 Å². The van der Waals surface area contributed by atoms with E-state index in [0.29, 0.717) is 16.5 Å². The van der Waals surface area contributed by atoms with E-state index in [0.717, 1.165) is 4.88 Å². The van der Waals surface area contributed by atoms with Crippen LogP contribution in [-0.2, 0) is 10.0 Å². The van der Waals surface area contributed by atoms with Gasteiger partial charge in [-0.1, -0.05) is 17.4 Å². The van der Waals surface area contributed by atoms with Crippen LogP contribution in [0.4, 0.5) is 5.13 Å². The molecule has 0 aliphatic heterocycles. The SMILES string of the molecule is COc1ccc(S(=O)(=O)Nc2nnc(-c3cccs3)s2)cc1OC. The Kier molecular flexibility index (Phi) is 4.69. The van der Waals surface area contributed by atoms with Crippen molar-refractivity contribution in [2.24, 2.45) is 0 Å². The van der Waals surface area contributed by atoms with E-state index in [1.165, 1.54) is 55.1 Å². The van der Waals surface area contributed by atoms with Gasteiger partial charge in [0.1, 0.15) is 0 Å². The van der Waals surface area contributed by atoms with E-state index >= 15 is 0 Å². The minimum atomic E-state index is -3.80. The van der Waals surface area contributed by atoms with Crippen molar-refractivity contribution in [3.05, 3.63) is 35.7 Å². The topological polar surface area (TPSA) is 90.4 Å². The Bertz CT molecular complexity index is 936. The number of hydrogen-bond acceptors (Lipinski definition) is 8. The highest BCUT2D eigenvalue weighted by Crippen LogP contribution is 2.32. The van der Waals surface area contributed by atoms with Crippen molar-refractivity contribution in [2.75, 3.05) is 18.9 Å². The van der Waals surface area contributed by atoms with Gasteiger partial charge in [0.2, 0.25) is 5.13 Å². The maximum absolute atomic E-state index is 12.5. The molecule has 24 heavy (non-hydrogen) atoms. The number of rotatable bonds is 6. The Labute approximate surface area is 147 Å². The molecule has 3 rings (SSSR count). The maximum Gasteiger partial charge on any atom is 0.263 e. The number of anilines is 1. The van der Waals surface area contributed by atoms with Gasteiger partial charge >= 0.3 is 0 Å². The fourth-order valence-electron chi connectivity index (χ4n) is 1.92. The monoisotopic (exact) mass is 383 g/mol. The molecule has 0 amide bonds. The molecule has 0 spiro atoms. The number of nitrogens with zero attached hydrogens (tertiary/aromatic N) is 2. The van der Waals surface area contributed by atoms with E-state index in [9.17, 15) is 8.42 Å². The predicted octanol–water partition coefficient (Wildman–Crippen LogP) is 3.08. The molecule has 2 aromatic heterocycles. The molecule has 0 radical (unpaired) electrons. The summed E-state index contributed by atoms with van der Waals surface area (Å²) in [5.41, 5.74) is 0. The number of benzene rings is 1. The maximum atomic E-state index is 12.5. The third kappa shape index (κ3) is 3.35. The van der Waals surface area contributed by atoms with Crippen LogP contribution in [0.3, 0.4) is 0 Å². The third-order valence-corrected chi connectivity index (χ3v) is 6.39. The van der Waals surface area contributed by atoms with E-state index in [4.69, 9.17) is 9.47 Å². The van der Waals surface area contributed by atoms with Gasteiger partial charge in [0.05, 0.1) is 24.0 Å². The summed E-state index contributed by atoms with van der Waals surface area (Å²) >= 11 is 2.68. The lowest BCUT2D eigenvalue weighted by atomic mass is 10.3. The minimum Gasteiger partial charge on any atom is -0.493 e. The van der Waals surface area contributed by atoms with Crippen molar-refractivity contribution in [3.63, 3.8) is 0 Å². The molecule has 0 aliphatic carbocycles. The molecule has 0 aliphatic rings. The van der Waals surface area contributed by atoms with E-state index in [1.807, 2.05) is 17.5 Å². The fraction of sp³-hybridized carbons (Fsp3) is 0.143. The van der Waals surface area contributed by atoms with Crippen LogP contribution in [-0.4, -0.2) is 32.8 Å². The molecule has 10 heteroatoms. The lowest BCUT2D eigenvalue weighted by Crippen LogP contribution is -2.13. The van der Waals surface area contributed by atoms with Crippen LogP contribution < -0.4 is 14.2 Å². The molecule has 3 aromatic rings. The molecule has 0 saturated carbocycles. The van der Waals surface area contributed by atoms with Gasteiger partial charge in [-0.2, -0.15) is 0 Å². The molecule has 2 heterocycles. The van der Waals surface area contributed by atoms with Gasteiger partial charge in [-0.3, -0.25) is 4.72 Å². The van der Waals surface area contributed by atoms with E-state index < -0.39 is 10.0 Å². The summed E-state index contributed by atoms with van der Waals surface area (Å²) in [5.74, 6) is 0.782. The molecule has 1 N–H and O–H groups in total. The first-order valence-corrected chi connectivity index (χ1v) is 9.83. The van der Waals surface area contributed by atoms with Gasteiger partial charge < -0.3 is 9.47 Å². The second-order valence-corrected chi connectivity index (χ2v) is 8.12. The standard InChI is InChI=1S/C14H13N3O4S3/c1-20-10-6-5-9(8-11(10)21-2)24(18,19)17-14-16-15-13(23-14)12-4-3-7-22-12/h3-8H,1-2H3,(H,16,17). The van der Waals surface area contributed by atoms with E-state index in [1.54, 1.807) is 0 Å². The zero-order chi connectivity index (χ0) is 17.2. The lowest BCUT2D eigenvalue weighted by Gasteiger charge is -2.10. The Balaban J connectivity index is 1.86. The highest BCUT2D eigenvalue weighted by atomic mass is 32.2. The van der Waals surface area contributed by atoms with Crippen LogP contribution in [0.25, 0.3) is 9.88 Å². The number of nitrogens with one attached hydrogen (secondary N) is 1. The first kappa shape index (κ1) is 16.7. The van der Waals surface area contributed by atoms with Crippen molar-refractivity contribution in [1.29, 1.82) is 0 Å². The summed E-state index contributed by atoms with van der Waals surface area (Å²) in [4.78, 5) is 0.983. The first-order chi connectivity index (χ1) is 11.5. The van der Waals surface area contributed by atoms with Crippen LogP contribution in [0.1, 0.15) is 0 Å². The Morgan fingerprint density at radius 3 is 2.54 bits per heavy atom. The highest BCUT2D eigenvalue weighted by molar-refractivity contribution is 7.93. The molecule has 0 fully saturated rings. The van der Waals surface area contributed by atoms with Crippen LogP contribution in [0, 0.1) is 0 Å². The van der Waals surface area contributed by atoms with Gasteiger partial charge in [-0.05, 0) is 23.6 Å². The van der Waals surface area contributed by atoms with Gasteiger partial charge in [0.15, 0.2) is 16.5 Å². The molecule has 7 nitrogen and oxygen atoms in total. The fourth-order valence-corrected chi connectivity index (χ4v) is 4.70. The molecule has 0 unspecified atom stereocenters. The van der Waals surface area contributed by atoms with E-state index in [-0.39, 0.29) is 10.0 Å². The number of ether oxygens (including phenoxy) is 2. The number of sulfonamides is 1. The first-order valence-electron chi connectivity index (χ1n) is 6.65. The van der Waals surface area contributed by atoms with Gasteiger partial charge in [0, 0.05) is 6.07 Å². The Hall–Kier alpha value is -2.17. The summed E-state index contributed by atoms with van der Waals surface area (Å²) in [6.07, 6.45) is 0. The smallest absolute Gasteiger partial charge is 0.263 e. The van der Waals surface area contributed by atoms with Crippen molar-refractivity contribution in [3.8, 4) is 21.4 Å². The van der Waals surface area contributed by atoms with Gasteiger partial charge in [-0.25, -0.2) is 8.42 Å². The molecule has 0 bridgehead atoms. The van der Waals surface area contributed by atoms with Crippen LogP contribution in [0.2, 0.25) is 0 Å². The zero-order valence-corrected chi connectivity index (χ0v) is 15.2. The minimum absolute atomic E-state index is 0.0491. The van der Waals surface area contributed by atoms with Gasteiger partial charge in [-0.15, -0.1) is 21.5 Å². The van der Waals surface area contributed by atoms with Crippen molar-refractivity contribution in [2.45, 2.75) is 4.90 Å². The average molecular weight is 383 g/mol. The largest absolute Gasteiger partial charge is 0.493 e. The summed E-state index contributed by atoms with van der Waals surface area (Å²) < 4.78 is 37.7. The summed E-state index contributed by atoms with van der Waals surface area (Å²) in [6, 6.07) is 8.16. The third-order valence-electron chi connectivity index (χ3n) is 3.04. The van der Waals surface area contributed by atoms with E-state index in [2.05, 4.69) is 14.9 Å². The molecule has 126 valence electrons. The quantitative estimate of drug-likeness (QED) is 0.703. The highest BCUT2D eigenvalue weighted by Gasteiger charge is 2.19. The zero-order valence-electron chi connectivity index (χ0n) is 12.7. The predicted molar refractivity (Wildman–Crippen MR) is 93.6 cm³/mol. The van der Waals surface area contributed by atoms with Gasteiger partial charge in [0.25, 0.3) is 10.0 Å². The number of methoxy groups -OCH3 is 2. The summed E-state index contributed by atoms with van der Waals surface area (Å²) in [6.45, 7) is 0. The lowest BCUT2D eigenvalue weighted by molar-refractivity contribution is 0.354. The summed E-state index contributed by atoms with van der Waals surface area (Å²) in [7, 11) is -0.873. The molecular formula is C14H13N3O4S3. The van der Waals surface area contributed by atoms with Crippen LogP contribution in [0.15, 0.2) is 40.6 Å². The second kappa shape index (κ2) is 6.75. The number of hydrogen-bond donors (Lipinski definition) is 1. The molecule has 1 aromatic carbocycles.